The lowest BCUT2D eigenvalue weighted by Gasteiger charge is -1.95. The number of rotatable bonds is 2. The van der Waals surface area contributed by atoms with Gasteiger partial charge in [0, 0.05) is 5.39 Å². The number of nitrogens with zero attached hydrogens (tertiary/aromatic N) is 2. The van der Waals surface area contributed by atoms with Crippen LogP contribution in [0.25, 0.3) is 10.1 Å². The highest BCUT2D eigenvalue weighted by molar-refractivity contribution is 9.11. The van der Waals surface area contributed by atoms with E-state index in [4.69, 9.17) is 10.4 Å². The molecule has 0 amide bonds. The molecule has 1 N–H and O–H groups in total. The highest BCUT2D eigenvalue weighted by Crippen LogP contribution is 2.32. The van der Waals surface area contributed by atoms with Crippen LogP contribution in [0.1, 0.15) is 26.4 Å². The summed E-state index contributed by atoms with van der Waals surface area (Å²) in [6, 6.07) is 4.00. The van der Waals surface area contributed by atoms with E-state index in [1.165, 1.54) is 27.0 Å². The molecule has 0 radical (unpaired) electrons. The molecule has 0 aliphatic rings. The van der Waals surface area contributed by atoms with Crippen LogP contribution in [0.15, 0.2) is 26.0 Å². The molecule has 0 aliphatic carbocycles. The van der Waals surface area contributed by atoms with Crippen molar-refractivity contribution in [1.29, 1.82) is 5.26 Å². The zero-order valence-corrected chi connectivity index (χ0v) is 17.6. The Morgan fingerprint density at radius 1 is 1.29 bits per heavy atom. The topological polar surface area (TPSA) is 74.0 Å². The molecule has 0 bridgehead atoms. The minimum absolute atomic E-state index is 0.178. The van der Waals surface area contributed by atoms with Gasteiger partial charge in [-0.2, -0.15) is 5.26 Å². The number of halogens is 2. The van der Waals surface area contributed by atoms with Gasteiger partial charge in [-0.25, -0.2) is 9.78 Å². The highest BCUT2D eigenvalue weighted by Gasteiger charge is 2.13. The molecule has 0 spiro atoms. The third-order valence-corrected chi connectivity index (χ3v) is 6.72. The lowest BCUT2D eigenvalue weighted by molar-refractivity contribution is 0.0701. The van der Waals surface area contributed by atoms with E-state index in [1.807, 2.05) is 19.1 Å². The summed E-state index contributed by atoms with van der Waals surface area (Å²) in [6.07, 6.45) is 0.178. The van der Waals surface area contributed by atoms with Gasteiger partial charge in [0.25, 0.3) is 0 Å². The quantitative estimate of drug-likeness (QED) is 0.453. The van der Waals surface area contributed by atoms with E-state index < -0.39 is 5.97 Å². The maximum Gasteiger partial charge on any atom is 0.346 e. The Kier molecular flexibility index (Phi) is 6.52. The van der Waals surface area contributed by atoms with Gasteiger partial charge in [-0.1, -0.05) is 0 Å². The van der Waals surface area contributed by atoms with Gasteiger partial charge in [0.1, 0.15) is 14.1 Å². The van der Waals surface area contributed by atoms with Crippen molar-refractivity contribution in [3.63, 3.8) is 0 Å². The Labute approximate surface area is 164 Å². The van der Waals surface area contributed by atoms with Gasteiger partial charge in [0.2, 0.25) is 0 Å². The summed E-state index contributed by atoms with van der Waals surface area (Å²) in [5, 5.41) is 22.3. The SMILES string of the molecule is Cc1csc(C(=O)O)c1CC#N.Cc1csc2c(Br)nc(Br)cc12. The third kappa shape index (κ3) is 4.22. The number of thiophene rings is 2. The van der Waals surface area contributed by atoms with Gasteiger partial charge in [0.05, 0.1) is 17.2 Å². The first-order valence-corrected chi connectivity index (χ1v) is 10.1. The Hall–Kier alpha value is -1.27. The van der Waals surface area contributed by atoms with Crippen molar-refractivity contribution in [2.45, 2.75) is 20.3 Å². The van der Waals surface area contributed by atoms with Crippen LogP contribution in [0.5, 0.6) is 0 Å². The van der Waals surface area contributed by atoms with E-state index in [2.05, 4.69) is 49.1 Å². The molecule has 3 rings (SSSR count). The second-order valence-electron chi connectivity index (χ2n) is 4.90. The Morgan fingerprint density at radius 3 is 2.58 bits per heavy atom. The first-order valence-electron chi connectivity index (χ1n) is 6.72. The van der Waals surface area contributed by atoms with Gasteiger partial charge < -0.3 is 5.11 Å². The van der Waals surface area contributed by atoms with Crippen LogP contribution >= 0.6 is 54.5 Å². The van der Waals surface area contributed by atoms with Gasteiger partial charge in [0.15, 0.2) is 0 Å². The molecule has 3 heterocycles. The van der Waals surface area contributed by atoms with E-state index in [1.54, 1.807) is 16.7 Å². The second kappa shape index (κ2) is 8.21. The zero-order chi connectivity index (χ0) is 17.9. The number of nitriles is 1. The van der Waals surface area contributed by atoms with Gasteiger partial charge >= 0.3 is 5.97 Å². The molecule has 0 saturated carbocycles. The molecule has 4 nitrogen and oxygen atoms in total. The average Bonchev–Trinajstić information content (AvgIpc) is 3.05. The number of aromatic nitrogens is 1. The molecule has 0 aromatic carbocycles. The molecular weight excluding hydrogens is 476 g/mol. The largest absolute Gasteiger partial charge is 0.477 e. The molecule has 0 saturated heterocycles. The molecule has 0 atom stereocenters. The molecular formula is C16H12Br2N2O2S2. The summed E-state index contributed by atoms with van der Waals surface area (Å²) in [5.41, 5.74) is 2.84. The van der Waals surface area contributed by atoms with Crippen LogP contribution in [0.4, 0.5) is 0 Å². The number of carboxylic acid groups (broad SMARTS) is 1. The minimum Gasteiger partial charge on any atom is -0.477 e. The maximum absolute atomic E-state index is 10.6. The van der Waals surface area contributed by atoms with Crippen molar-refractivity contribution in [2.24, 2.45) is 0 Å². The first-order chi connectivity index (χ1) is 11.3. The predicted octanol–water partition coefficient (Wildman–Crippen LogP) is 5.95. The standard InChI is InChI=1S/C8H5Br2NS.C8H7NO2S/c1-4-3-12-7-5(4)2-6(9)11-8(7)10;1-5-4-12-7(8(10)11)6(5)2-3-9/h2-3H,1H3;4H,2H2,1H3,(H,10,11). The number of aryl methyl sites for hydroxylation is 2. The average molecular weight is 488 g/mol. The predicted molar refractivity (Wildman–Crippen MR) is 105 cm³/mol. The smallest absolute Gasteiger partial charge is 0.346 e. The summed E-state index contributed by atoms with van der Waals surface area (Å²) < 4.78 is 3.02. The number of aromatic carboxylic acids is 1. The Morgan fingerprint density at radius 2 is 1.96 bits per heavy atom. The molecule has 0 fully saturated rings. The number of pyridine rings is 1. The number of fused-ring (bicyclic) bond motifs is 1. The molecule has 0 unspecified atom stereocenters. The number of carboxylic acids is 1. The fourth-order valence-electron chi connectivity index (χ4n) is 2.04. The molecule has 124 valence electrons. The van der Waals surface area contributed by atoms with Crippen LogP contribution < -0.4 is 0 Å². The van der Waals surface area contributed by atoms with Crippen LogP contribution in [0.3, 0.4) is 0 Å². The van der Waals surface area contributed by atoms with E-state index in [-0.39, 0.29) is 11.3 Å². The fraction of sp³-hybridized carbons (Fsp3) is 0.188. The van der Waals surface area contributed by atoms with Crippen molar-refractivity contribution in [3.05, 3.63) is 47.6 Å². The third-order valence-electron chi connectivity index (χ3n) is 3.23. The normalized spacial score (nSPS) is 10.1. The van der Waals surface area contributed by atoms with Crippen molar-refractivity contribution >= 4 is 70.6 Å². The number of carbonyl (C=O) groups is 1. The van der Waals surface area contributed by atoms with E-state index in [9.17, 15) is 4.79 Å². The van der Waals surface area contributed by atoms with E-state index in [0.29, 0.717) is 5.56 Å². The van der Waals surface area contributed by atoms with Crippen LogP contribution in [0, 0.1) is 25.2 Å². The summed E-state index contributed by atoms with van der Waals surface area (Å²) in [7, 11) is 0. The Balaban J connectivity index is 0.000000174. The summed E-state index contributed by atoms with van der Waals surface area (Å²) in [6.45, 7) is 3.92. The van der Waals surface area contributed by atoms with Crippen molar-refractivity contribution in [2.75, 3.05) is 0 Å². The highest BCUT2D eigenvalue weighted by atomic mass is 79.9. The van der Waals surface area contributed by atoms with Crippen LogP contribution in [-0.2, 0) is 6.42 Å². The van der Waals surface area contributed by atoms with Crippen molar-refractivity contribution in [1.82, 2.24) is 4.98 Å². The molecule has 8 heteroatoms. The van der Waals surface area contributed by atoms with Crippen molar-refractivity contribution in [3.8, 4) is 6.07 Å². The molecule has 0 aliphatic heterocycles. The lowest BCUT2D eigenvalue weighted by atomic mass is 10.1. The minimum atomic E-state index is -0.946. The molecule has 3 aromatic rings. The molecule has 3 aromatic heterocycles. The van der Waals surface area contributed by atoms with Gasteiger partial charge in [-0.3, -0.25) is 0 Å². The summed E-state index contributed by atoms with van der Waals surface area (Å²) in [4.78, 5) is 15.2. The van der Waals surface area contributed by atoms with Crippen LogP contribution in [-0.4, -0.2) is 16.1 Å². The van der Waals surface area contributed by atoms with Gasteiger partial charge in [-0.05, 0) is 79.2 Å². The second-order valence-corrected chi connectivity index (χ2v) is 8.22. The first kappa shape index (κ1) is 19.1. The zero-order valence-electron chi connectivity index (χ0n) is 12.8. The Bertz CT molecular complexity index is 942. The number of hydrogen-bond acceptors (Lipinski definition) is 5. The maximum atomic E-state index is 10.6. The summed E-state index contributed by atoms with van der Waals surface area (Å²) >= 11 is 9.69. The van der Waals surface area contributed by atoms with Crippen molar-refractivity contribution < 1.29 is 9.90 Å². The number of hydrogen-bond donors (Lipinski definition) is 1. The van der Waals surface area contributed by atoms with E-state index >= 15 is 0 Å². The summed E-state index contributed by atoms with van der Waals surface area (Å²) in [5.74, 6) is -0.946. The fourth-order valence-corrected chi connectivity index (χ4v) is 5.19. The van der Waals surface area contributed by atoms with Gasteiger partial charge in [-0.15, -0.1) is 22.7 Å². The van der Waals surface area contributed by atoms with E-state index in [0.717, 1.165) is 14.8 Å². The lowest BCUT2D eigenvalue weighted by Crippen LogP contribution is -1.97. The van der Waals surface area contributed by atoms with Crippen LogP contribution in [0.2, 0.25) is 0 Å². The molecule has 24 heavy (non-hydrogen) atoms. The monoisotopic (exact) mass is 486 g/mol.